The van der Waals surface area contributed by atoms with Gasteiger partial charge in [-0.2, -0.15) is 0 Å². The second-order valence-electron chi connectivity index (χ2n) is 4.00. The Morgan fingerprint density at radius 3 is 2.44 bits per heavy atom. The number of rotatable bonds is 7. The zero-order chi connectivity index (χ0) is 11.8. The fourth-order valence-corrected chi connectivity index (χ4v) is 1.18. The molecule has 88 valence electrons. The average molecular weight is 222 g/mol. The molecular formula is C13H18O3. The van der Waals surface area contributed by atoms with Crippen molar-refractivity contribution in [1.29, 1.82) is 0 Å². The maximum atomic E-state index is 10.4. The number of benzene rings is 1. The quantitative estimate of drug-likeness (QED) is 0.525. The van der Waals surface area contributed by atoms with Crippen LogP contribution in [-0.4, -0.2) is 26.1 Å². The summed E-state index contributed by atoms with van der Waals surface area (Å²) < 4.78 is 10.8. The summed E-state index contributed by atoms with van der Waals surface area (Å²) in [6.07, 6.45) is 0.815. The predicted molar refractivity (Wildman–Crippen MR) is 63.0 cm³/mol. The van der Waals surface area contributed by atoms with Crippen LogP contribution in [0.25, 0.3) is 0 Å². The van der Waals surface area contributed by atoms with Gasteiger partial charge in [-0.1, -0.05) is 13.8 Å². The Bertz CT molecular complexity index is 303. The zero-order valence-corrected chi connectivity index (χ0v) is 9.81. The summed E-state index contributed by atoms with van der Waals surface area (Å²) >= 11 is 0. The Balaban J connectivity index is 2.19. The molecule has 0 heterocycles. The van der Waals surface area contributed by atoms with E-state index < -0.39 is 0 Å². The van der Waals surface area contributed by atoms with Crippen LogP contribution in [0.1, 0.15) is 24.2 Å². The normalized spacial score (nSPS) is 10.4. The molecule has 0 bridgehead atoms. The number of aldehydes is 1. The summed E-state index contributed by atoms with van der Waals surface area (Å²) in [4.78, 5) is 10.4. The molecule has 0 aliphatic rings. The maximum absolute atomic E-state index is 10.4. The van der Waals surface area contributed by atoms with Gasteiger partial charge in [0.05, 0.1) is 6.61 Å². The molecule has 1 rings (SSSR count). The van der Waals surface area contributed by atoms with Crippen LogP contribution < -0.4 is 4.74 Å². The Kier molecular flexibility index (Phi) is 5.57. The zero-order valence-electron chi connectivity index (χ0n) is 9.81. The molecule has 0 unspecified atom stereocenters. The van der Waals surface area contributed by atoms with E-state index >= 15 is 0 Å². The lowest BCUT2D eigenvalue weighted by molar-refractivity contribution is 0.0819. The van der Waals surface area contributed by atoms with E-state index in [2.05, 4.69) is 13.8 Å². The van der Waals surface area contributed by atoms with Crippen LogP contribution in [0.4, 0.5) is 0 Å². The molecule has 16 heavy (non-hydrogen) atoms. The van der Waals surface area contributed by atoms with Crippen molar-refractivity contribution in [2.24, 2.45) is 5.92 Å². The second kappa shape index (κ2) is 7.01. The molecule has 0 aromatic heterocycles. The monoisotopic (exact) mass is 222 g/mol. The minimum absolute atomic E-state index is 0.535. The van der Waals surface area contributed by atoms with Crippen molar-refractivity contribution in [1.82, 2.24) is 0 Å². The van der Waals surface area contributed by atoms with Gasteiger partial charge in [0.2, 0.25) is 0 Å². The third kappa shape index (κ3) is 4.94. The summed E-state index contributed by atoms with van der Waals surface area (Å²) in [6, 6.07) is 7.03. The predicted octanol–water partition coefficient (Wildman–Crippen LogP) is 2.55. The first kappa shape index (κ1) is 12.7. The van der Waals surface area contributed by atoms with Gasteiger partial charge in [0.15, 0.2) is 0 Å². The summed E-state index contributed by atoms with van der Waals surface area (Å²) in [5, 5.41) is 0. The molecule has 0 aliphatic carbocycles. The first-order chi connectivity index (χ1) is 7.72. The number of carbonyl (C=O) groups is 1. The topological polar surface area (TPSA) is 35.5 Å². The first-order valence-electron chi connectivity index (χ1n) is 5.48. The van der Waals surface area contributed by atoms with Crippen LogP contribution in [0.3, 0.4) is 0 Å². The van der Waals surface area contributed by atoms with Gasteiger partial charge < -0.3 is 9.47 Å². The summed E-state index contributed by atoms with van der Waals surface area (Å²) in [5.41, 5.74) is 0.656. The number of hydrogen-bond donors (Lipinski definition) is 0. The Morgan fingerprint density at radius 1 is 1.19 bits per heavy atom. The smallest absolute Gasteiger partial charge is 0.150 e. The molecule has 3 nitrogen and oxygen atoms in total. The van der Waals surface area contributed by atoms with Crippen LogP contribution >= 0.6 is 0 Å². The molecule has 3 heteroatoms. The van der Waals surface area contributed by atoms with Crippen molar-refractivity contribution in [2.45, 2.75) is 13.8 Å². The molecule has 0 saturated carbocycles. The van der Waals surface area contributed by atoms with E-state index in [4.69, 9.17) is 9.47 Å². The highest BCUT2D eigenvalue weighted by atomic mass is 16.5. The molecule has 0 N–H and O–H groups in total. The largest absolute Gasteiger partial charge is 0.491 e. The SMILES string of the molecule is CC(C)COCCOc1ccc(C=O)cc1. The van der Waals surface area contributed by atoms with Crippen molar-refractivity contribution >= 4 is 6.29 Å². The molecule has 1 aromatic carbocycles. The molecule has 0 atom stereocenters. The Hall–Kier alpha value is -1.35. The van der Waals surface area contributed by atoms with E-state index in [1.807, 2.05) is 0 Å². The van der Waals surface area contributed by atoms with E-state index in [0.29, 0.717) is 24.7 Å². The fourth-order valence-electron chi connectivity index (χ4n) is 1.18. The van der Waals surface area contributed by atoms with Crippen LogP contribution in [-0.2, 0) is 4.74 Å². The van der Waals surface area contributed by atoms with Gasteiger partial charge >= 0.3 is 0 Å². The van der Waals surface area contributed by atoms with E-state index in [1.165, 1.54) is 0 Å². The third-order valence-electron chi connectivity index (χ3n) is 1.96. The Labute approximate surface area is 96.4 Å². The van der Waals surface area contributed by atoms with Crippen LogP contribution in [0.5, 0.6) is 5.75 Å². The summed E-state index contributed by atoms with van der Waals surface area (Å²) in [7, 11) is 0. The lowest BCUT2D eigenvalue weighted by Gasteiger charge is -2.08. The summed E-state index contributed by atoms with van der Waals surface area (Å²) in [5.74, 6) is 1.31. The van der Waals surface area contributed by atoms with Crippen molar-refractivity contribution in [3.63, 3.8) is 0 Å². The number of carbonyl (C=O) groups excluding carboxylic acids is 1. The summed E-state index contributed by atoms with van der Waals surface area (Å²) in [6.45, 7) is 6.10. The number of hydrogen-bond acceptors (Lipinski definition) is 3. The van der Waals surface area contributed by atoms with Crippen molar-refractivity contribution in [2.75, 3.05) is 19.8 Å². The Morgan fingerprint density at radius 2 is 1.88 bits per heavy atom. The van der Waals surface area contributed by atoms with E-state index in [9.17, 15) is 4.79 Å². The second-order valence-corrected chi connectivity index (χ2v) is 4.00. The number of ether oxygens (including phenoxy) is 2. The minimum Gasteiger partial charge on any atom is -0.491 e. The van der Waals surface area contributed by atoms with Gasteiger partial charge in [0.1, 0.15) is 18.6 Å². The van der Waals surface area contributed by atoms with Gasteiger partial charge in [-0.15, -0.1) is 0 Å². The first-order valence-corrected chi connectivity index (χ1v) is 5.48. The standard InChI is InChI=1S/C13H18O3/c1-11(2)10-15-7-8-16-13-5-3-12(9-14)4-6-13/h3-6,9,11H,7-8,10H2,1-2H3. The molecule has 0 spiro atoms. The molecule has 1 aromatic rings. The highest BCUT2D eigenvalue weighted by Crippen LogP contribution is 2.10. The van der Waals surface area contributed by atoms with E-state index in [0.717, 1.165) is 18.6 Å². The highest BCUT2D eigenvalue weighted by molar-refractivity contribution is 5.74. The van der Waals surface area contributed by atoms with Gasteiger partial charge in [0, 0.05) is 12.2 Å². The van der Waals surface area contributed by atoms with Gasteiger partial charge in [-0.25, -0.2) is 0 Å². The van der Waals surface area contributed by atoms with Gasteiger partial charge in [-0.3, -0.25) is 4.79 Å². The maximum Gasteiger partial charge on any atom is 0.150 e. The van der Waals surface area contributed by atoms with Crippen molar-refractivity contribution in [3.05, 3.63) is 29.8 Å². The molecule has 0 aliphatic heterocycles. The van der Waals surface area contributed by atoms with Crippen molar-refractivity contribution < 1.29 is 14.3 Å². The molecule has 0 fully saturated rings. The molecule has 0 radical (unpaired) electrons. The lowest BCUT2D eigenvalue weighted by Crippen LogP contribution is -2.10. The van der Waals surface area contributed by atoms with Crippen LogP contribution in [0.15, 0.2) is 24.3 Å². The van der Waals surface area contributed by atoms with Crippen molar-refractivity contribution in [3.8, 4) is 5.75 Å². The van der Waals surface area contributed by atoms with Crippen LogP contribution in [0, 0.1) is 5.92 Å². The lowest BCUT2D eigenvalue weighted by atomic mass is 10.2. The molecular weight excluding hydrogens is 204 g/mol. The van der Waals surface area contributed by atoms with Gasteiger partial charge in [-0.05, 0) is 30.2 Å². The van der Waals surface area contributed by atoms with Crippen LogP contribution in [0.2, 0.25) is 0 Å². The average Bonchev–Trinajstić information content (AvgIpc) is 2.29. The fraction of sp³-hybridized carbons (Fsp3) is 0.462. The third-order valence-corrected chi connectivity index (χ3v) is 1.96. The highest BCUT2D eigenvalue weighted by Gasteiger charge is 1.96. The van der Waals surface area contributed by atoms with Gasteiger partial charge in [0.25, 0.3) is 0 Å². The molecule has 0 amide bonds. The molecule has 0 saturated heterocycles. The van der Waals surface area contributed by atoms with E-state index in [1.54, 1.807) is 24.3 Å². The minimum atomic E-state index is 0.535. The van der Waals surface area contributed by atoms with E-state index in [-0.39, 0.29) is 0 Å².